The Hall–Kier alpha value is -0.760. The van der Waals surface area contributed by atoms with Gasteiger partial charge >= 0.3 is 0 Å². The maximum atomic E-state index is 10.3. The largest absolute Gasteiger partial charge is 0.501 e. The van der Waals surface area contributed by atoms with Gasteiger partial charge in [-0.25, -0.2) is 0 Å². The number of rotatable bonds is 1. The van der Waals surface area contributed by atoms with Crippen molar-refractivity contribution >= 4 is 0 Å². The molecule has 0 aromatic rings. The average molecular weight is 304 g/mol. The summed E-state index contributed by atoms with van der Waals surface area (Å²) in [6, 6.07) is 0. The van der Waals surface area contributed by atoms with E-state index in [4.69, 9.17) is 4.74 Å². The summed E-state index contributed by atoms with van der Waals surface area (Å²) < 4.78 is 5.49. The molecule has 0 bridgehead atoms. The molecule has 124 valence electrons. The summed E-state index contributed by atoms with van der Waals surface area (Å²) in [4.78, 5) is 0. The molecule has 3 aliphatic carbocycles. The van der Waals surface area contributed by atoms with Gasteiger partial charge in [-0.15, -0.1) is 0 Å². The number of hydrogen-bond acceptors (Lipinski definition) is 2. The molecule has 5 atom stereocenters. The molecular formula is C20H32O2. The minimum atomic E-state index is -0.0950. The van der Waals surface area contributed by atoms with Crippen LogP contribution in [0.2, 0.25) is 0 Å². The molecule has 1 N–H and O–H groups in total. The number of aliphatic hydroxyl groups excluding tert-OH is 1. The Bertz CT molecular complexity index is 462. The van der Waals surface area contributed by atoms with Gasteiger partial charge in [0, 0.05) is 6.42 Å². The standard InChI is InChI=1S/C20H32O2/c1-13-5-11-20(21)14(2)4-8-19-17(13)9-6-15-12-16(22-3)7-10-18(15)19/h7,13-14,17,19-21H,4-6,8-12H2,1-3H3/t13-,14-,17-,19-,20-/m0/s1. The molecule has 2 nitrogen and oxygen atoms in total. The first kappa shape index (κ1) is 16.1. The van der Waals surface area contributed by atoms with Crippen molar-refractivity contribution in [1.29, 1.82) is 0 Å². The van der Waals surface area contributed by atoms with Crippen LogP contribution in [-0.2, 0) is 4.74 Å². The smallest absolute Gasteiger partial charge is 0.0959 e. The second kappa shape index (κ2) is 6.78. The number of aliphatic hydroxyl groups is 1. The van der Waals surface area contributed by atoms with Gasteiger partial charge in [-0.1, -0.05) is 25.0 Å². The van der Waals surface area contributed by atoms with Gasteiger partial charge in [-0.2, -0.15) is 0 Å². The Morgan fingerprint density at radius 3 is 2.59 bits per heavy atom. The topological polar surface area (TPSA) is 29.5 Å². The summed E-state index contributed by atoms with van der Waals surface area (Å²) in [5, 5.41) is 10.3. The van der Waals surface area contributed by atoms with Crippen molar-refractivity contribution in [3.05, 3.63) is 23.0 Å². The number of allylic oxidation sites excluding steroid dienone is 3. The van der Waals surface area contributed by atoms with Crippen LogP contribution in [0.5, 0.6) is 0 Å². The van der Waals surface area contributed by atoms with E-state index in [9.17, 15) is 5.11 Å². The molecule has 3 aliphatic rings. The van der Waals surface area contributed by atoms with E-state index in [1.165, 1.54) is 32.1 Å². The van der Waals surface area contributed by atoms with Crippen molar-refractivity contribution in [3.63, 3.8) is 0 Å². The summed E-state index contributed by atoms with van der Waals surface area (Å²) in [5.74, 6) is 3.93. The van der Waals surface area contributed by atoms with Crippen molar-refractivity contribution in [2.75, 3.05) is 7.11 Å². The molecule has 0 aliphatic heterocycles. The molecule has 0 aromatic carbocycles. The molecule has 0 aromatic heterocycles. The van der Waals surface area contributed by atoms with Crippen molar-refractivity contribution in [1.82, 2.24) is 0 Å². The maximum Gasteiger partial charge on any atom is 0.0959 e. The fourth-order valence-corrected chi connectivity index (χ4v) is 5.02. The lowest BCUT2D eigenvalue weighted by Crippen LogP contribution is -2.29. The molecule has 22 heavy (non-hydrogen) atoms. The lowest BCUT2D eigenvalue weighted by atomic mass is 9.65. The first-order valence-electron chi connectivity index (χ1n) is 9.22. The monoisotopic (exact) mass is 304 g/mol. The Labute approximate surface area is 135 Å². The van der Waals surface area contributed by atoms with Crippen LogP contribution in [0.25, 0.3) is 0 Å². The van der Waals surface area contributed by atoms with Crippen LogP contribution in [0, 0.1) is 23.7 Å². The first-order valence-corrected chi connectivity index (χ1v) is 9.22. The predicted molar refractivity (Wildman–Crippen MR) is 90.4 cm³/mol. The molecule has 0 unspecified atom stereocenters. The van der Waals surface area contributed by atoms with Crippen LogP contribution in [0.1, 0.15) is 65.2 Å². The van der Waals surface area contributed by atoms with E-state index in [1.807, 2.05) is 0 Å². The molecule has 0 radical (unpaired) electrons. The highest BCUT2D eigenvalue weighted by Crippen LogP contribution is 2.48. The first-order chi connectivity index (χ1) is 10.6. The van der Waals surface area contributed by atoms with Crippen LogP contribution in [0.3, 0.4) is 0 Å². The lowest BCUT2D eigenvalue weighted by molar-refractivity contribution is 0.0978. The Morgan fingerprint density at radius 2 is 1.82 bits per heavy atom. The number of fused-ring (bicyclic) bond motifs is 2. The van der Waals surface area contributed by atoms with Gasteiger partial charge in [0.1, 0.15) is 0 Å². The Morgan fingerprint density at radius 1 is 1.05 bits per heavy atom. The van der Waals surface area contributed by atoms with Gasteiger partial charge in [-0.05, 0) is 74.7 Å². The molecule has 2 heteroatoms. The van der Waals surface area contributed by atoms with E-state index in [0.717, 1.165) is 42.8 Å². The molecule has 0 amide bonds. The minimum Gasteiger partial charge on any atom is -0.501 e. The van der Waals surface area contributed by atoms with Crippen molar-refractivity contribution < 1.29 is 9.84 Å². The fraction of sp³-hybridized carbons (Fsp3) is 0.800. The zero-order valence-corrected chi connectivity index (χ0v) is 14.5. The van der Waals surface area contributed by atoms with Crippen LogP contribution in [-0.4, -0.2) is 18.3 Å². The SMILES string of the molecule is COC1=CCC2=C(CC[C@@H]3[C@@H]2CC[C@H](C)[C@@H](O)CC[C@@H]3C)C1. The summed E-state index contributed by atoms with van der Waals surface area (Å²) in [6.45, 7) is 4.66. The normalized spacial score (nSPS) is 39.8. The summed E-state index contributed by atoms with van der Waals surface area (Å²) in [5.41, 5.74) is 3.40. The van der Waals surface area contributed by atoms with Crippen molar-refractivity contribution in [2.24, 2.45) is 23.7 Å². The van der Waals surface area contributed by atoms with E-state index >= 15 is 0 Å². The van der Waals surface area contributed by atoms with Gasteiger partial charge in [0.05, 0.1) is 19.0 Å². The molecular weight excluding hydrogens is 272 g/mol. The summed E-state index contributed by atoms with van der Waals surface area (Å²) in [6.07, 6.45) is 11.6. The van der Waals surface area contributed by atoms with Crippen LogP contribution < -0.4 is 0 Å². The third-order valence-corrected chi connectivity index (χ3v) is 6.64. The lowest BCUT2D eigenvalue weighted by Gasteiger charge is -2.40. The number of ether oxygens (including phenoxy) is 1. The van der Waals surface area contributed by atoms with Gasteiger partial charge in [0.15, 0.2) is 0 Å². The van der Waals surface area contributed by atoms with E-state index in [0.29, 0.717) is 5.92 Å². The third-order valence-electron chi connectivity index (χ3n) is 6.64. The fourth-order valence-electron chi connectivity index (χ4n) is 5.02. The molecule has 0 spiro atoms. The third kappa shape index (κ3) is 3.13. The van der Waals surface area contributed by atoms with E-state index in [1.54, 1.807) is 18.3 Å². The molecule has 0 saturated heterocycles. The van der Waals surface area contributed by atoms with Gasteiger partial charge in [-0.3, -0.25) is 0 Å². The van der Waals surface area contributed by atoms with Crippen LogP contribution in [0.15, 0.2) is 23.0 Å². The minimum absolute atomic E-state index is 0.0950. The Balaban J connectivity index is 1.82. The van der Waals surface area contributed by atoms with Crippen molar-refractivity contribution in [2.45, 2.75) is 71.3 Å². The zero-order valence-electron chi connectivity index (χ0n) is 14.5. The second-order valence-electron chi connectivity index (χ2n) is 7.87. The van der Waals surface area contributed by atoms with Gasteiger partial charge in [0.25, 0.3) is 0 Å². The molecule has 1 saturated carbocycles. The highest BCUT2D eigenvalue weighted by atomic mass is 16.5. The average Bonchev–Trinajstić information content (AvgIpc) is 2.59. The van der Waals surface area contributed by atoms with E-state index in [2.05, 4.69) is 19.9 Å². The second-order valence-corrected chi connectivity index (χ2v) is 7.87. The molecule has 3 rings (SSSR count). The molecule has 1 fully saturated rings. The quantitative estimate of drug-likeness (QED) is 0.702. The highest BCUT2D eigenvalue weighted by molar-refractivity contribution is 5.31. The predicted octanol–water partition coefficient (Wildman–Crippen LogP) is 4.84. The zero-order chi connectivity index (χ0) is 15.7. The summed E-state index contributed by atoms with van der Waals surface area (Å²) in [7, 11) is 1.80. The van der Waals surface area contributed by atoms with E-state index < -0.39 is 0 Å². The van der Waals surface area contributed by atoms with Gasteiger partial charge in [0.2, 0.25) is 0 Å². The Kier molecular flexibility index (Phi) is 4.97. The number of hydrogen-bond donors (Lipinski definition) is 1. The van der Waals surface area contributed by atoms with Gasteiger partial charge < -0.3 is 9.84 Å². The summed E-state index contributed by atoms with van der Waals surface area (Å²) >= 11 is 0. The highest BCUT2D eigenvalue weighted by Gasteiger charge is 2.37. The van der Waals surface area contributed by atoms with Crippen LogP contribution in [0.4, 0.5) is 0 Å². The number of methoxy groups -OCH3 is 1. The van der Waals surface area contributed by atoms with Crippen molar-refractivity contribution in [3.8, 4) is 0 Å². The maximum absolute atomic E-state index is 10.3. The van der Waals surface area contributed by atoms with Crippen LogP contribution >= 0.6 is 0 Å². The molecule has 0 heterocycles. The van der Waals surface area contributed by atoms with E-state index in [-0.39, 0.29) is 6.10 Å².